The molecule has 1 aliphatic rings. The lowest BCUT2D eigenvalue weighted by atomic mass is 9.92. The van der Waals surface area contributed by atoms with Gasteiger partial charge in [-0.3, -0.25) is 4.79 Å². The average molecular weight is 297 g/mol. The summed E-state index contributed by atoms with van der Waals surface area (Å²) in [5.41, 5.74) is 2.19. The molecule has 1 atom stereocenters. The highest BCUT2D eigenvalue weighted by molar-refractivity contribution is 6.32. The van der Waals surface area contributed by atoms with Gasteiger partial charge in [-0.1, -0.05) is 11.6 Å². The number of hydrogen-bond donors (Lipinski definition) is 1. The van der Waals surface area contributed by atoms with Gasteiger partial charge < -0.3 is 10.0 Å². The van der Waals surface area contributed by atoms with Crippen molar-refractivity contribution in [3.05, 3.63) is 28.0 Å². The number of piperidine rings is 1. The maximum atomic E-state index is 12.6. The SMILES string of the molecule is Cc1cc(C)c(C(=O)N2CCC(C(C)O)CC2)c(Cl)n1. The number of carbonyl (C=O) groups is 1. The Morgan fingerprint density at radius 2 is 2.05 bits per heavy atom. The van der Waals surface area contributed by atoms with Crippen LogP contribution in [0.3, 0.4) is 0 Å². The Bertz CT molecular complexity index is 486. The number of hydrogen-bond acceptors (Lipinski definition) is 3. The zero-order valence-corrected chi connectivity index (χ0v) is 12.9. The van der Waals surface area contributed by atoms with Crippen LogP contribution in [0.4, 0.5) is 0 Å². The van der Waals surface area contributed by atoms with Gasteiger partial charge in [-0.2, -0.15) is 0 Å². The van der Waals surface area contributed by atoms with Gasteiger partial charge in [0.25, 0.3) is 5.91 Å². The van der Waals surface area contributed by atoms with E-state index in [1.54, 1.807) is 0 Å². The summed E-state index contributed by atoms with van der Waals surface area (Å²) in [6.07, 6.45) is 1.36. The van der Waals surface area contributed by atoms with E-state index >= 15 is 0 Å². The normalized spacial score (nSPS) is 18.1. The van der Waals surface area contributed by atoms with Crippen molar-refractivity contribution in [3.8, 4) is 0 Å². The van der Waals surface area contributed by atoms with E-state index in [1.807, 2.05) is 31.7 Å². The second-order valence-corrected chi connectivity index (χ2v) is 5.97. The smallest absolute Gasteiger partial charge is 0.257 e. The number of aliphatic hydroxyl groups excluding tert-OH is 1. The number of amides is 1. The Morgan fingerprint density at radius 1 is 1.45 bits per heavy atom. The Hall–Kier alpha value is -1.13. The van der Waals surface area contributed by atoms with E-state index in [0.717, 1.165) is 24.1 Å². The van der Waals surface area contributed by atoms with E-state index < -0.39 is 0 Å². The molecule has 0 aromatic carbocycles. The fourth-order valence-corrected chi connectivity index (χ4v) is 3.15. The first-order valence-corrected chi connectivity index (χ1v) is 7.39. The van der Waals surface area contributed by atoms with Crippen molar-refractivity contribution in [2.45, 2.75) is 39.7 Å². The van der Waals surface area contributed by atoms with Crippen LogP contribution in [0.25, 0.3) is 0 Å². The molecular weight excluding hydrogens is 276 g/mol. The molecule has 1 aromatic rings. The van der Waals surface area contributed by atoms with Gasteiger partial charge in [0.1, 0.15) is 5.15 Å². The van der Waals surface area contributed by atoms with Gasteiger partial charge in [-0.05, 0) is 51.2 Å². The van der Waals surface area contributed by atoms with Gasteiger partial charge in [0.15, 0.2) is 0 Å². The molecule has 20 heavy (non-hydrogen) atoms. The third kappa shape index (κ3) is 3.13. The Kier molecular flexibility index (Phi) is 4.66. The summed E-state index contributed by atoms with van der Waals surface area (Å²) in [7, 11) is 0. The Morgan fingerprint density at radius 3 is 2.55 bits per heavy atom. The maximum Gasteiger partial charge on any atom is 0.257 e. The van der Waals surface area contributed by atoms with Crippen molar-refractivity contribution in [3.63, 3.8) is 0 Å². The summed E-state index contributed by atoms with van der Waals surface area (Å²) in [6, 6.07) is 1.88. The number of aromatic nitrogens is 1. The number of rotatable bonds is 2. The molecule has 0 spiro atoms. The molecule has 4 nitrogen and oxygen atoms in total. The minimum Gasteiger partial charge on any atom is -0.393 e. The Balaban J connectivity index is 2.14. The molecule has 0 aliphatic carbocycles. The van der Waals surface area contributed by atoms with Gasteiger partial charge in [0, 0.05) is 18.8 Å². The number of likely N-dealkylation sites (tertiary alicyclic amines) is 1. The van der Waals surface area contributed by atoms with Gasteiger partial charge in [-0.15, -0.1) is 0 Å². The van der Waals surface area contributed by atoms with E-state index in [-0.39, 0.29) is 23.1 Å². The van der Waals surface area contributed by atoms with E-state index in [2.05, 4.69) is 4.98 Å². The Labute approximate surface area is 124 Å². The molecule has 1 unspecified atom stereocenters. The molecular formula is C15H21ClN2O2. The van der Waals surface area contributed by atoms with Crippen LogP contribution in [0.1, 0.15) is 41.4 Å². The summed E-state index contributed by atoms with van der Waals surface area (Å²) in [5, 5.41) is 9.89. The highest BCUT2D eigenvalue weighted by atomic mass is 35.5. The van der Waals surface area contributed by atoms with Crippen molar-refractivity contribution in [1.29, 1.82) is 0 Å². The number of aliphatic hydroxyl groups is 1. The molecule has 2 rings (SSSR count). The summed E-state index contributed by atoms with van der Waals surface area (Å²) >= 11 is 6.13. The van der Waals surface area contributed by atoms with Crippen molar-refractivity contribution in [1.82, 2.24) is 9.88 Å². The number of pyridine rings is 1. The van der Waals surface area contributed by atoms with Gasteiger partial charge >= 0.3 is 0 Å². The molecule has 0 radical (unpaired) electrons. The van der Waals surface area contributed by atoms with E-state index in [4.69, 9.17) is 11.6 Å². The van der Waals surface area contributed by atoms with Crippen LogP contribution in [0.15, 0.2) is 6.07 Å². The molecule has 1 saturated heterocycles. The zero-order valence-electron chi connectivity index (χ0n) is 12.2. The molecule has 5 heteroatoms. The molecule has 1 N–H and O–H groups in total. The fourth-order valence-electron chi connectivity index (χ4n) is 2.79. The summed E-state index contributed by atoms with van der Waals surface area (Å²) in [4.78, 5) is 18.5. The molecule has 1 fully saturated rings. The van der Waals surface area contributed by atoms with E-state index in [0.29, 0.717) is 18.7 Å². The lowest BCUT2D eigenvalue weighted by Gasteiger charge is -2.33. The van der Waals surface area contributed by atoms with Crippen LogP contribution in [-0.2, 0) is 0 Å². The molecule has 1 aromatic heterocycles. The molecule has 0 saturated carbocycles. The van der Waals surface area contributed by atoms with Crippen LogP contribution in [0.5, 0.6) is 0 Å². The summed E-state index contributed by atoms with van der Waals surface area (Å²) < 4.78 is 0. The quantitative estimate of drug-likeness (QED) is 0.854. The summed E-state index contributed by atoms with van der Waals surface area (Å²) in [6.45, 7) is 6.89. The van der Waals surface area contributed by atoms with E-state index in [9.17, 15) is 9.90 Å². The largest absolute Gasteiger partial charge is 0.393 e. The maximum absolute atomic E-state index is 12.6. The number of halogens is 1. The lowest BCUT2D eigenvalue weighted by molar-refractivity contribution is 0.0520. The first kappa shape index (κ1) is 15.3. The van der Waals surface area contributed by atoms with Crippen molar-refractivity contribution < 1.29 is 9.90 Å². The highest BCUT2D eigenvalue weighted by Crippen LogP contribution is 2.25. The first-order valence-electron chi connectivity index (χ1n) is 7.01. The van der Waals surface area contributed by atoms with Crippen LogP contribution < -0.4 is 0 Å². The van der Waals surface area contributed by atoms with Crippen molar-refractivity contribution in [2.75, 3.05) is 13.1 Å². The van der Waals surface area contributed by atoms with Gasteiger partial charge in [0.2, 0.25) is 0 Å². The topological polar surface area (TPSA) is 53.4 Å². The minimum absolute atomic E-state index is 0.0518. The lowest BCUT2D eigenvalue weighted by Crippen LogP contribution is -2.41. The van der Waals surface area contributed by atoms with Crippen LogP contribution in [0, 0.1) is 19.8 Å². The first-order chi connectivity index (χ1) is 9.40. The minimum atomic E-state index is -0.307. The second kappa shape index (κ2) is 6.10. The fraction of sp³-hybridized carbons (Fsp3) is 0.600. The van der Waals surface area contributed by atoms with Gasteiger partial charge in [0.05, 0.1) is 11.7 Å². The standard InChI is InChI=1S/C15H21ClN2O2/c1-9-8-10(2)17-14(16)13(9)15(20)18-6-4-12(5-7-18)11(3)19/h8,11-12,19H,4-7H2,1-3H3. The van der Waals surface area contributed by atoms with Crippen molar-refractivity contribution >= 4 is 17.5 Å². The number of nitrogens with zero attached hydrogens (tertiary/aromatic N) is 2. The van der Waals surface area contributed by atoms with Crippen LogP contribution in [-0.4, -0.2) is 40.1 Å². The van der Waals surface area contributed by atoms with Crippen LogP contribution >= 0.6 is 11.6 Å². The molecule has 2 heterocycles. The van der Waals surface area contributed by atoms with Crippen LogP contribution in [0.2, 0.25) is 5.15 Å². The highest BCUT2D eigenvalue weighted by Gasteiger charge is 2.28. The predicted octanol–water partition coefficient (Wildman–Crippen LogP) is 2.58. The van der Waals surface area contributed by atoms with Gasteiger partial charge in [-0.25, -0.2) is 4.98 Å². The second-order valence-electron chi connectivity index (χ2n) is 5.62. The third-order valence-electron chi connectivity index (χ3n) is 4.02. The third-order valence-corrected chi connectivity index (χ3v) is 4.30. The number of carbonyl (C=O) groups excluding carboxylic acids is 1. The average Bonchev–Trinajstić information content (AvgIpc) is 2.37. The van der Waals surface area contributed by atoms with Crippen molar-refractivity contribution in [2.24, 2.45) is 5.92 Å². The molecule has 0 bridgehead atoms. The number of aryl methyl sites for hydroxylation is 2. The predicted molar refractivity (Wildman–Crippen MR) is 79.0 cm³/mol. The zero-order chi connectivity index (χ0) is 14.9. The molecule has 1 amide bonds. The molecule has 1 aliphatic heterocycles. The van der Waals surface area contributed by atoms with E-state index in [1.165, 1.54) is 0 Å². The monoisotopic (exact) mass is 296 g/mol. The molecule has 110 valence electrons. The summed E-state index contributed by atoms with van der Waals surface area (Å²) in [5.74, 6) is 0.232.